The van der Waals surface area contributed by atoms with Gasteiger partial charge < -0.3 is 10.4 Å². The van der Waals surface area contributed by atoms with E-state index in [9.17, 15) is 14.0 Å². The molecule has 1 aromatic carbocycles. The van der Waals surface area contributed by atoms with Gasteiger partial charge in [0.15, 0.2) is 5.69 Å². The van der Waals surface area contributed by atoms with Crippen molar-refractivity contribution in [2.75, 3.05) is 5.32 Å². The number of carbonyl (C=O) groups excluding carboxylic acids is 1. The number of carbonyl (C=O) groups is 2. The number of hydrogen-bond donors (Lipinski definition) is 2. The first kappa shape index (κ1) is 15.6. The number of nitrogens with one attached hydrogen (secondary N) is 1. The molecule has 2 N–H and O–H groups in total. The van der Waals surface area contributed by atoms with Gasteiger partial charge in [-0.25, -0.2) is 13.9 Å². The molecule has 1 amide bonds. The van der Waals surface area contributed by atoms with Gasteiger partial charge >= 0.3 is 5.97 Å². The number of aromatic nitrogens is 3. The smallest absolute Gasteiger partial charge is 0.358 e. The van der Waals surface area contributed by atoms with Gasteiger partial charge in [-0.1, -0.05) is 12.1 Å². The second-order valence-electron chi connectivity index (χ2n) is 4.66. The molecular weight excluding hydrogens is 291 g/mol. The second-order valence-corrected chi connectivity index (χ2v) is 4.66. The molecular formula is C14H15FN4O3. The van der Waals surface area contributed by atoms with Crippen molar-refractivity contribution in [3.8, 4) is 0 Å². The summed E-state index contributed by atoms with van der Waals surface area (Å²) in [6.45, 7) is 3.34. The summed E-state index contributed by atoms with van der Waals surface area (Å²) in [7, 11) is 0. The van der Waals surface area contributed by atoms with Crippen molar-refractivity contribution in [1.29, 1.82) is 0 Å². The Morgan fingerprint density at radius 1 is 1.36 bits per heavy atom. The molecule has 0 aliphatic rings. The molecule has 2 rings (SSSR count). The number of amides is 1. The standard InChI is InChI=1S/C14H15FN4O3/c1-3-11-12(14(21)22)17-18-19(11)8(2)13(20)16-10-6-4-9(15)5-7-10/h4-8H,3H2,1-2H3,(H,16,20)(H,21,22). The molecule has 0 saturated carbocycles. The van der Waals surface area contributed by atoms with E-state index in [1.54, 1.807) is 13.8 Å². The lowest BCUT2D eigenvalue weighted by Gasteiger charge is -2.14. The number of anilines is 1. The number of benzene rings is 1. The Kier molecular flexibility index (Phi) is 4.50. The Bertz CT molecular complexity index is 697. The van der Waals surface area contributed by atoms with E-state index in [1.807, 2.05) is 0 Å². The minimum atomic E-state index is -1.19. The van der Waals surface area contributed by atoms with Crippen LogP contribution in [0.4, 0.5) is 10.1 Å². The van der Waals surface area contributed by atoms with Crippen LogP contribution in [-0.4, -0.2) is 32.0 Å². The van der Waals surface area contributed by atoms with E-state index in [0.29, 0.717) is 17.8 Å². The van der Waals surface area contributed by atoms with Crippen molar-refractivity contribution in [2.45, 2.75) is 26.3 Å². The zero-order valence-electron chi connectivity index (χ0n) is 12.1. The van der Waals surface area contributed by atoms with E-state index in [-0.39, 0.29) is 5.69 Å². The number of hydrogen-bond acceptors (Lipinski definition) is 4. The molecule has 116 valence electrons. The molecule has 0 spiro atoms. The lowest BCUT2D eigenvalue weighted by molar-refractivity contribution is -0.119. The minimum absolute atomic E-state index is 0.163. The fourth-order valence-electron chi connectivity index (χ4n) is 2.01. The van der Waals surface area contributed by atoms with Crippen molar-refractivity contribution >= 4 is 17.6 Å². The zero-order valence-corrected chi connectivity index (χ0v) is 12.1. The van der Waals surface area contributed by atoms with Crippen molar-refractivity contribution in [1.82, 2.24) is 15.0 Å². The molecule has 0 aliphatic heterocycles. The molecule has 1 heterocycles. The SMILES string of the molecule is CCc1c(C(=O)O)nnn1C(C)C(=O)Nc1ccc(F)cc1. The Hall–Kier alpha value is -2.77. The summed E-state index contributed by atoms with van der Waals surface area (Å²) in [5.41, 5.74) is 0.646. The van der Waals surface area contributed by atoms with E-state index >= 15 is 0 Å². The van der Waals surface area contributed by atoms with Crippen molar-refractivity contribution in [3.05, 3.63) is 41.5 Å². The summed E-state index contributed by atoms with van der Waals surface area (Å²) < 4.78 is 14.1. The largest absolute Gasteiger partial charge is 0.476 e. The number of carboxylic acids is 1. The van der Waals surface area contributed by atoms with Gasteiger partial charge in [0.05, 0.1) is 5.69 Å². The summed E-state index contributed by atoms with van der Waals surface area (Å²) in [4.78, 5) is 23.3. The van der Waals surface area contributed by atoms with Crippen molar-refractivity contribution in [3.63, 3.8) is 0 Å². The summed E-state index contributed by atoms with van der Waals surface area (Å²) >= 11 is 0. The van der Waals surface area contributed by atoms with Gasteiger partial charge in [0.1, 0.15) is 11.9 Å². The third-order valence-corrected chi connectivity index (χ3v) is 3.19. The first-order valence-corrected chi connectivity index (χ1v) is 6.67. The topological polar surface area (TPSA) is 97.1 Å². The molecule has 0 fully saturated rings. The zero-order chi connectivity index (χ0) is 16.3. The molecule has 0 radical (unpaired) electrons. The Morgan fingerprint density at radius 3 is 2.55 bits per heavy atom. The van der Waals surface area contributed by atoms with Crippen LogP contribution in [0.2, 0.25) is 0 Å². The van der Waals surface area contributed by atoms with Crippen LogP contribution >= 0.6 is 0 Å². The highest BCUT2D eigenvalue weighted by Crippen LogP contribution is 2.16. The Morgan fingerprint density at radius 2 is 2.00 bits per heavy atom. The average Bonchev–Trinajstić information content (AvgIpc) is 2.92. The molecule has 7 nitrogen and oxygen atoms in total. The van der Waals surface area contributed by atoms with Gasteiger partial charge in [0, 0.05) is 5.69 Å². The highest BCUT2D eigenvalue weighted by atomic mass is 19.1. The van der Waals surface area contributed by atoms with Gasteiger partial charge in [0.2, 0.25) is 5.91 Å². The van der Waals surface area contributed by atoms with Crippen LogP contribution in [0, 0.1) is 5.82 Å². The van der Waals surface area contributed by atoms with Gasteiger partial charge in [0.25, 0.3) is 0 Å². The number of nitrogens with zero attached hydrogens (tertiary/aromatic N) is 3. The maximum absolute atomic E-state index is 12.8. The molecule has 0 saturated heterocycles. The molecule has 0 aliphatic carbocycles. The van der Waals surface area contributed by atoms with E-state index < -0.39 is 23.7 Å². The highest BCUT2D eigenvalue weighted by molar-refractivity contribution is 5.93. The van der Waals surface area contributed by atoms with Crippen molar-refractivity contribution in [2.24, 2.45) is 0 Å². The summed E-state index contributed by atoms with van der Waals surface area (Å²) in [5, 5.41) is 19.0. The van der Waals surface area contributed by atoms with Crippen LogP contribution in [0.25, 0.3) is 0 Å². The maximum atomic E-state index is 12.8. The van der Waals surface area contributed by atoms with Gasteiger partial charge in [-0.15, -0.1) is 5.10 Å². The van der Waals surface area contributed by atoms with Gasteiger partial charge in [-0.3, -0.25) is 4.79 Å². The van der Waals surface area contributed by atoms with Crippen molar-refractivity contribution < 1.29 is 19.1 Å². The first-order valence-electron chi connectivity index (χ1n) is 6.67. The fraction of sp³-hybridized carbons (Fsp3) is 0.286. The predicted molar refractivity (Wildman–Crippen MR) is 76.1 cm³/mol. The maximum Gasteiger partial charge on any atom is 0.358 e. The van der Waals surface area contributed by atoms with Crippen LogP contribution in [-0.2, 0) is 11.2 Å². The second kappa shape index (κ2) is 6.33. The Labute approximate surface area is 125 Å². The molecule has 22 heavy (non-hydrogen) atoms. The number of rotatable bonds is 5. The summed E-state index contributed by atoms with van der Waals surface area (Å²) in [6, 6.07) is 4.58. The van der Waals surface area contributed by atoms with Gasteiger partial charge in [-0.05, 0) is 37.6 Å². The van der Waals surface area contributed by atoms with Crippen LogP contribution in [0.15, 0.2) is 24.3 Å². The van der Waals surface area contributed by atoms with Crippen LogP contribution in [0.1, 0.15) is 36.1 Å². The van der Waals surface area contributed by atoms with Crippen LogP contribution in [0.3, 0.4) is 0 Å². The molecule has 1 unspecified atom stereocenters. The predicted octanol–water partition coefficient (Wildman–Crippen LogP) is 1.88. The molecule has 0 bridgehead atoms. The molecule has 8 heteroatoms. The highest BCUT2D eigenvalue weighted by Gasteiger charge is 2.24. The minimum Gasteiger partial charge on any atom is -0.476 e. The van der Waals surface area contributed by atoms with Crippen LogP contribution in [0.5, 0.6) is 0 Å². The summed E-state index contributed by atoms with van der Waals surface area (Å²) in [6.07, 6.45) is 0.378. The lowest BCUT2D eigenvalue weighted by atomic mass is 10.2. The normalized spacial score (nSPS) is 12.0. The summed E-state index contributed by atoms with van der Waals surface area (Å²) in [5.74, 6) is -1.99. The number of halogens is 1. The first-order chi connectivity index (χ1) is 10.4. The lowest BCUT2D eigenvalue weighted by Crippen LogP contribution is -2.26. The molecule has 1 aromatic heterocycles. The molecule has 2 aromatic rings. The number of aromatic carboxylic acids is 1. The average molecular weight is 306 g/mol. The third-order valence-electron chi connectivity index (χ3n) is 3.19. The van der Waals surface area contributed by atoms with Gasteiger partial charge in [-0.2, -0.15) is 0 Å². The molecule has 1 atom stereocenters. The monoisotopic (exact) mass is 306 g/mol. The third kappa shape index (κ3) is 3.11. The van der Waals surface area contributed by atoms with E-state index in [4.69, 9.17) is 5.11 Å². The van der Waals surface area contributed by atoms with E-state index in [0.717, 1.165) is 0 Å². The van der Waals surface area contributed by atoms with E-state index in [2.05, 4.69) is 15.6 Å². The number of carboxylic acid groups (broad SMARTS) is 1. The Balaban J connectivity index is 2.20. The van der Waals surface area contributed by atoms with E-state index in [1.165, 1.54) is 28.9 Å². The van der Waals surface area contributed by atoms with Crippen LogP contribution < -0.4 is 5.32 Å². The fourth-order valence-corrected chi connectivity index (χ4v) is 2.01. The quantitative estimate of drug-likeness (QED) is 0.879.